The van der Waals surface area contributed by atoms with Gasteiger partial charge in [-0.25, -0.2) is 9.37 Å². The first-order valence-electron chi connectivity index (χ1n) is 12.4. The Kier molecular flexibility index (Phi) is 8.93. The van der Waals surface area contributed by atoms with Gasteiger partial charge in [0.2, 0.25) is 11.7 Å². The fourth-order valence-corrected chi connectivity index (χ4v) is 4.53. The molecular weight excluding hydrogens is 557 g/mol. The van der Waals surface area contributed by atoms with Crippen LogP contribution < -0.4 is 26.8 Å². The summed E-state index contributed by atoms with van der Waals surface area (Å²) in [5, 5.41) is 4.79. The first-order chi connectivity index (χ1) is 18.9. The molecular formula is C26H30F5N5O5. The van der Waals surface area contributed by atoms with Crippen LogP contribution in [0.5, 0.6) is 5.75 Å². The van der Waals surface area contributed by atoms with Gasteiger partial charge in [0.15, 0.2) is 17.2 Å². The molecule has 6 atom stereocenters. The van der Waals surface area contributed by atoms with Crippen molar-refractivity contribution in [2.45, 2.75) is 57.5 Å². The number of hydrogen-bond acceptors (Lipinski definition) is 7. The van der Waals surface area contributed by atoms with Crippen LogP contribution in [0.15, 0.2) is 24.3 Å². The lowest BCUT2D eigenvalue weighted by Crippen LogP contribution is -2.47. The maximum atomic E-state index is 14.6. The van der Waals surface area contributed by atoms with E-state index in [1.165, 1.54) is 0 Å². The van der Waals surface area contributed by atoms with Crippen molar-refractivity contribution in [1.29, 1.82) is 0 Å². The van der Waals surface area contributed by atoms with E-state index in [0.717, 1.165) is 39.2 Å². The summed E-state index contributed by atoms with van der Waals surface area (Å²) in [7, 11) is 1.00. The smallest absolute Gasteiger partial charge is 0.417 e. The minimum Gasteiger partial charge on any atom is -0.493 e. The number of methoxy groups -OCH3 is 1. The predicted octanol–water partition coefficient (Wildman–Crippen LogP) is 3.47. The Balaban J connectivity index is 2.05. The first kappa shape index (κ1) is 31.7. The van der Waals surface area contributed by atoms with Crippen molar-refractivity contribution in [3.63, 3.8) is 0 Å². The van der Waals surface area contributed by atoms with Gasteiger partial charge in [-0.2, -0.15) is 17.6 Å². The van der Waals surface area contributed by atoms with E-state index in [1.807, 2.05) is 0 Å². The number of carbonyl (C=O) groups excluding carboxylic acids is 3. The molecule has 1 aliphatic heterocycles. The van der Waals surface area contributed by atoms with Crippen molar-refractivity contribution in [3.05, 3.63) is 47.2 Å². The molecule has 0 aliphatic carbocycles. The lowest BCUT2D eigenvalue weighted by Gasteiger charge is -2.32. The summed E-state index contributed by atoms with van der Waals surface area (Å²) >= 11 is 0. The van der Waals surface area contributed by atoms with Gasteiger partial charge in [-0.1, -0.05) is 19.9 Å². The van der Waals surface area contributed by atoms with E-state index in [9.17, 15) is 36.3 Å². The van der Waals surface area contributed by atoms with Crippen LogP contribution in [-0.4, -0.2) is 53.7 Å². The Morgan fingerprint density at radius 3 is 2.32 bits per heavy atom. The predicted molar refractivity (Wildman–Crippen MR) is 137 cm³/mol. The van der Waals surface area contributed by atoms with Crippen LogP contribution in [0.25, 0.3) is 0 Å². The molecule has 224 valence electrons. The van der Waals surface area contributed by atoms with Crippen LogP contribution in [0.2, 0.25) is 0 Å². The molecule has 0 bridgehead atoms. The molecule has 41 heavy (non-hydrogen) atoms. The first-order valence-corrected chi connectivity index (χ1v) is 12.4. The monoisotopic (exact) mass is 587 g/mol. The van der Waals surface area contributed by atoms with E-state index in [2.05, 4.69) is 15.6 Å². The molecule has 6 N–H and O–H groups in total. The topological polar surface area (TPSA) is 159 Å². The quantitative estimate of drug-likeness (QED) is 0.344. The summed E-state index contributed by atoms with van der Waals surface area (Å²) in [5.74, 6) is -9.96. The van der Waals surface area contributed by atoms with Gasteiger partial charge < -0.3 is 31.6 Å². The number of primary amides is 1. The van der Waals surface area contributed by atoms with E-state index in [0.29, 0.717) is 6.07 Å². The van der Waals surface area contributed by atoms with Crippen LogP contribution in [0, 0.1) is 23.5 Å². The Hall–Kier alpha value is -3.85. The van der Waals surface area contributed by atoms with Crippen molar-refractivity contribution >= 4 is 29.2 Å². The van der Waals surface area contributed by atoms with Gasteiger partial charge in [-0.3, -0.25) is 14.4 Å². The molecule has 0 saturated carbocycles. The van der Waals surface area contributed by atoms with Crippen molar-refractivity contribution in [1.82, 2.24) is 4.98 Å². The second-order valence-corrected chi connectivity index (χ2v) is 10.1. The number of benzene rings is 1. The lowest BCUT2D eigenvalue weighted by atomic mass is 9.77. The van der Waals surface area contributed by atoms with E-state index in [1.54, 1.807) is 13.8 Å². The highest BCUT2D eigenvalue weighted by molar-refractivity contribution is 5.99. The van der Waals surface area contributed by atoms with Crippen molar-refractivity contribution < 1.29 is 45.8 Å². The molecule has 0 unspecified atom stereocenters. The number of alkyl halides is 3. The summed E-state index contributed by atoms with van der Waals surface area (Å²) < 4.78 is 81.3. The van der Waals surface area contributed by atoms with Crippen molar-refractivity contribution in [3.8, 4) is 5.75 Å². The largest absolute Gasteiger partial charge is 0.493 e. The van der Waals surface area contributed by atoms with Crippen molar-refractivity contribution in [2.75, 3.05) is 17.7 Å². The summed E-state index contributed by atoms with van der Waals surface area (Å²) in [6.07, 6.45) is -6.85. The van der Waals surface area contributed by atoms with Gasteiger partial charge >= 0.3 is 6.18 Å². The zero-order chi connectivity index (χ0) is 31.0. The van der Waals surface area contributed by atoms with Crippen LogP contribution in [0.3, 0.4) is 0 Å². The number of hydrogen-bond donors (Lipinski definition) is 4. The van der Waals surface area contributed by atoms with Crippen molar-refractivity contribution in [2.24, 2.45) is 23.3 Å². The Morgan fingerprint density at radius 2 is 1.78 bits per heavy atom. The SMILES string of the molecule is COc1c([C@H]2[C@H](C(=O)Nc3cc(NC(=O)[C@@H](C)[C@@H](C)N)nc(C(N)=O)c3)O[C@@](C)(C(F)(F)F)[C@H]2C)ccc(F)c1F. The average Bonchev–Trinajstić information content (AvgIpc) is 3.16. The zero-order valence-electron chi connectivity index (χ0n) is 22.7. The summed E-state index contributed by atoms with van der Waals surface area (Å²) in [6.45, 7) is 5.05. The van der Waals surface area contributed by atoms with E-state index in [-0.39, 0.29) is 22.8 Å². The molecule has 15 heteroatoms. The zero-order valence-corrected chi connectivity index (χ0v) is 22.7. The van der Waals surface area contributed by atoms with E-state index >= 15 is 0 Å². The minimum absolute atomic E-state index is 0.171. The number of amides is 3. The van der Waals surface area contributed by atoms with Gasteiger partial charge in [0.1, 0.15) is 17.6 Å². The summed E-state index contributed by atoms with van der Waals surface area (Å²) in [5.41, 5.74) is 7.41. The third-order valence-corrected chi connectivity index (χ3v) is 7.37. The number of nitrogens with two attached hydrogens (primary N) is 2. The fraction of sp³-hybridized carbons (Fsp3) is 0.462. The highest BCUT2D eigenvalue weighted by Gasteiger charge is 2.66. The molecule has 1 aromatic carbocycles. The molecule has 0 spiro atoms. The summed E-state index contributed by atoms with van der Waals surface area (Å²) in [4.78, 5) is 41.7. The highest BCUT2D eigenvalue weighted by atomic mass is 19.4. The lowest BCUT2D eigenvalue weighted by molar-refractivity contribution is -0.272. The van der Waals surface area contributed by atoms with Gasteiger partial charge in [-0.05, 0) is 26.0 Å². The minimum atomic E-state index is -4.96. The van der Waals surface area contributed by atoms with Gasteiger partial charge in [-0.15, -0.1) is 0 Å². The molecule has 2 heterocycles. The maximum absolute atomic E-state index is 14.6. The third-order valence-electron chi connectivity index (χ3n) is 7.37. The standard InChI is InChI=1S/C26H30F5N5O5/c1-10(12(3)32)23(38)36-17-9-13(8-16(35-17)22(33)37)34-24(39)21-18(11(2)25(4,41-21)26(29,30)31)14-6-7-15(27)19(28)20(14)40-5/h6-12,18,21H,32H2,1-5H3,(H2,33,37)(H2,34,35,36,38,39)/t10-,11-,12+,18-,21+,25+/m0/s1. The Morgan fingerprint density at radius 1 is 1.15 bits per heavy atom. The van der Waals surface area contributed by atoms with Crippen LogP contribution >= 0.6 is 0 Å². The third kappa shape index (κ3) is 6.10. The number of pyridine rings is 1. The molecule has 1 saturated heterocycles. The molecule has 0 radical (unpaired) electrons. The summed E-state index contributed by atoms with van der Waals surface area (Å²) in [6, 6.07) is 3.38. The van der Waals surface area contributed by atoms with Crippen LogP contribution in [0.4, 0.5) is 33.5 Å². The molecule has 10 nitrogen and oxygen atoms in total. The van der Waals surface area contributed by atoms with Gasteiger partial charge in [0.05, 0.1) is 13.0 Å². The highest BCUT2D eigenvalue weighted by Crippen LogP contribution is 2.55. The average molecular weight is 588 g/mol. The van der Waals surface area contributed by atoms with Crippen LogP contribution in [-0.2, 0) is 14.3 Å². The maximum Gasteiger partial charge on any atom is 0.417 e. The Bertz CT molecular complexity index is 1350. The number of ether oxygens (including phenoxy) is 2. The number of nitrogens with zero attached hydrogens (tertiary/aromatic N) is 1. The van der Waals surface area contributed by atoms with E-state index in [4.69, 9.17) is 20.9 Å². The number of rotatable bonds is 8. The molecule has 1 aromatic heterocycles. The molecule has 1 fully saturated rings. The van der Waals surface area contributed by atoms with Gasteiger partial charge in [0.25, 0.3) is 11.8 Å². The Labute approximate surface area is 231 Å². The number of aromatic nitrogens is 1. The second kappa shape index (κ2) is 11.6. The van der Waals surface area contributed by atoms with Crippen LogP contribution in [0.1, 0.15) is 49.7 Å². The van der Waals surface area contributed by atoms with Gasteiger partial charge in [0, 0.05) is 35.2 Å². The molecule has 1 aliphatic rings. The molecule has 2 aromatic rings. The van der Waals surface area contributed by atoms with E-state index < -0.39 is 76.8 Å². The fourth-order valence-electron chi connectivity index (χ4n) is 4.53. The number of halogens is 5. The number of anilines is 2. The second-order valence-electron chi connectivity index (χ2n) is 10.1. The molecule has 3 amide bonds. The normalized spacial score (nSPS) is 23.9. The number of nitrogens with one attached hydrogen (secondary N) is 2. The molecule has 3 rings (SSSR count). The number of carbonyl (C=O) groups is 3.